The molecule has 2 aromatic heterocycles. The van der Waals surface area contributed by atoms with E-state index in [1.54, 1.807) is 0 Å². The lowest BCUT2D eigenvalue weighted by Crippen LogP contribution is -1.91. The monoisotopic (exact) mass is 464 g/mol. The number of benzene rings is 5. The molecule has 0 aliphatic carbocycles. The van der Waals surface area contributed by atoms with Crippen molar-refractivity contribution >= 4 is 43.6 Å². The van der Waals surface area contributed by atoms with Gasteiger partial charge in [0, 0.05) is 57.7 Å². The van der Waals surface area contributed by atoms with E-state index in [1.807, 2.05) is 0 Å². The van der Waals surface area contributed by atoms with Crippen molar-refractivity contribution in [2.45, 2.75) is 13.8 Å². The molecule has 0 bridgehead atoms. The summed E-state index contributed by atoms with van der Waals surface area (Å²) in [5, 5.41) is 5.25. The Kier molecular flexibility index (Phi) is 4.44. The van der Waals surface area contributed by atoms with Crippen LogP contribution in [0.25, 0.3) is 65.9 Å². The molecule has 0 saturated heterocycles. The van der Waals surface area contributed by atoms with Crippen LogP contribution in [0.15, 0.2) is 97.1 Å². The second-order valence-electron chi connectivity index (χ2n) is 10.1. The van der Waals surface area contributed by atoms with Crippen molar-refractivity contribution in [3.05, 3.63) is 108 Å². The van der Waals surface area contributed by atoms with E-state index in [0.29, 0.717) is 0 Å². The van der Waals surface area contributed by atoms with Gasteiger partial charge in [-0.15, -0.1) is 0 Å². The lowest BCUT2D eigenvalue weighted by atomic mass is 9.91. The molecule has 2 heterocycles. The first-order valence-corrected chi connectivity index (χ1v) is 12.6. The predicted molar refractivity (Wildman–Crippen MR) is 155 cm³/mol. The lowest BCUT2D eigenvalue weighted by molar-refractivity contribution is 1.01. The first kappa shape index (κ1) is 21.0. The molecule has 0 saturated carbocycles. The summed E-state index contributed by atoms with van der Waals surface area (Å²) in [5.74, 6) is 0. The van der Waals surface area contributed by atoms with Crippen LogP contribution in [-0.4, -0.2) is 9.13 Å². The zero-order chi connectivity index (χ0) is 24.6. The number of aryl methyl sites for hydroxylation is 4. The van der Waals surface area contributed by atoms with Crippen LogP contribution in [-0.2, 0) is 14.1 Å². The Hall–Kier alpha value is -4.30. The minimum Gasteiger partial charge on any atom is -0.344 e. The maximum Gasteiger partial charge on any atom is 0.0489 e. The second-order valence-corrected chi connectivity index (χ2v) is 10.1. The van der Waals surface area contributed by atoms with E-state index in [9.17, 15) is 0 Å². The van der Waals surface area contributed by atoms with Crippen molar-refractivity contribution < 1.29 is 0 Å². The molecule has 7 aromatic rings. The highest BCUT2D eigenvalue weighted by molar-refractivity contribution is 6.10. The number of hydrogen-bond donors (Lipinski definition) is 0. The number of nitrogens with zero attached hydrogens (tertiary/aromatic N) is 2. The summed E-state index contributed by atoms with van der Waals surface area (Å²) >= 11 is 0. The highest BCUT2D eigenvalue weighted by Crippen LogP contribution is 2.37. The minimum atomic E-state index is 1.27. The van der Waals surface area contributed by atoms with E-state index in [1.165, 1.54) is 77.0 Å². The maximum atomic E-state index is 2.37. The Balaban J connectivity index is 1.38. The van der Waals surface area contributed by atoms with Gasteiger partial charge in [0.2, 0.25) is 0 Å². The zero-order valence-corrected chi connectivity index (χ0v) is 21.1. The Morgan fingerprint density at radius 3 is 1.25 bits per heavy atom. The van der Waals surface area contributed by atoms with E-state index in [4.69, 9.17) is 0 Å². The van der Waals surface area contributed by atoms with Crippen molar-refractivity contribution in [2.24, 2.45) is 14.1 Å². The third kappa shape index (κ3) is 2.91. The molecule has 7 rings (SSSR count). The molecule has 36 heavy (non-hydrogen) atoms. The summed E-state index contributed by atoms with van der Waals surface area (Å²) in [5.41, 5.74) is 12.8. The summed E-state index contributed by atoms with van der Waals surface area (Å²) in [6.07, 6.45) is 0. The molecule has 0 aliphatic rings. The summed E-state index contributed by atoms with van der Waals surface area (Å²) in [7, 11) is 4.31. The fraction of sp³-hybridized carbons (Fsp3) is 0.118. The van der Waals surface area contributed by atoms with Crippen LogP contribution >= 0.6 is 0 Å². The van der Waals surface area contributed by atoms with Crippen LogP contribution in [0.1, 0.15) is 11.1 Å². The number of para-hydroxylation sites is 2. The van der Waals surface area contributed by atoms with Crippen molar-refractivity contribution in [1.29, 1.82) is 0 Å². The second kappa shape index (κ2) is 7.60. The largest absolute Gasteiger partial charge is 0.344 e. The van der Waals surface area contributed by atoms with Crippen molar-refractivity contribution in [3.8, 4) is 22.3 Å². The zero-order valence-electron chi connectivity index (χ0n) is 21.1. The Labute approximate surface area is 211 Å². The molecule has 0 unspecified atom stereocenters. The standard InChI is InChI=1S/C34H28N2/c1-21-17-28(24-14-16-34-30(20-24)26-10-6-8-12-32(26)36(34)4)22(2)18-27(21)23-13-15-33-29(19-23)25-9-5-7-11-31(25)35(33)3/h5-20H,1-4H3. The van der Waals surface area contributed by atoms with Gasteiger partial charge in [0.15, 0.2) is 0 Å². The lowest BCUT2D eigenvalue weighted by Gasteiger charge is -2.14. The topological polar surface area (TPSA) is 9.86 Å². The van der Waals surface area contributed by atoms with Gasteiger partial charge >= 0.3 is 0 Å². The van der Waals surface area contributed by atoms with Gasteiger partial charge in [-0.05, 0) is 83.6 Å². The van der Waals surface area contributed by atoms with Crippen molar-refractivity contribution in [3.63, 3.8) is 0 Å². The van der Waals surface area contributed by atoms with Gasteiger partial charge in [0.05, 0.1) is 0 Å². The fourth-order valence-electron chi connectivity index (χ4n) is 6.11. The Bertz CT molecular complexity index is 1840. The molecule has 174 valence electrons. The normalized spacial score (nSPS) is 11.9. The molecule has 0 spiro atoms. The average molecular weight is 465 g/mol. The predicted octanol–water partition coefficient (Wildman–Crippen LogP) is 8.93. The van der Waals surface area contributed by atoms with Crippen LogP contribution in [0.2, 0.25) is 0 Å². The number of aromatic nitrogens is 2. The molecule has 0 amide bonds. The van der Waals surface area contributed by atoms with E-state index in [2.05, 4.69) is 134 Å². The van der Waals surface area contributed by atoms with Gasteiger partial charge in [-0.25, -0.2) is 0 Å². The Morgan fingerprint density at radius 1 is 0.417 bits per heavy atom. The van der Waals surface area contributed by atoms with Gasteiger partial charge in [0.25, 0.3) is 0 Å². The van der Waals surface area contributed by atoms with Crippen LogP contribution in [0.4, 0.5) is 0 Å². The highest BCUT2D eigenvalue weighted by Gasteiger charge is 2.14. The summed E-state index contributed by atoms with van der Waals surface area (Å²) < 4.78 is 4.58. The number of hydrogen-bond acceptors (Lipinski definition) is 0. The van der Waals surface area contributed by atoms with E-state index < -0.39 is 0 Å². The SMILES string of the molecule is Cc1cc(-c2ccc3c(c2)c2ccccc2n3C)c(C)cc1-c1ccc2c(c1)c1ccccc1n2C. The summed E-state index contributed by atoms with van der Waals surface area (Å²) in [6.45, 7) is 4.48. The van der Waals surface area contributed by atoms with E-state index >= 15 is 0 Å². The van der Waals surface area contributed by atoms with E-state index in [-0.39, 0.29) is 0 Å². The highest BCUT2D eigenvalue weighted by atomic mass is 14.9. The summed E-state index contributed by atoms with van der Waals surface area (Å²) in [6, 6.07) is 35.9. The Morgan fingerprint density at radius 2 is 0.806 bits per heavy atom. The average Bonchev–Trinajstić information content (AvgIpc) is 3.36. The van der Waals surface area contributed by atoms with Crippen LogP contribution in [0, 0.1) is 13.8 Å². The van der Waals surface area contributed by atoms with Gasteiger partial charge in [0.1, 0.15) is 0 Å². The van der Waals surface area contributed by atoms with Gasteiger partial charge in [-0.2, -0.15) is 0 Å². The molecule has 0 fully saturated rings. The van der Waals surface area contributed by atoms with Crippen LogP contribution in [0.3, 0.4) is 0 Å². The van der Waals surface area contributed by atoms with Gasteiger partial charge < -0.3 is 9.13 Å². The van der Waals surface area contributed by atoms with Crippen molar-refractivity contribution in [2.75, 3.05) is 0 Å². The molecular formula is C34H28N2. The van der Waals surface area contributed by atoms with Gasteiger partial charge in [-0.3, -0.25) is 0 Å². The third-order valence-electron chi connectivity index (χ3n) is 8.02. The number of fused-ring (bicyclic) bond motifs is 6. The van der Waals surface area contributed by atoms with Crippen molar-refractivity contribution in [1.82, 2.24) is 9.13 Å². The molecule has 0 aliphatic heterocycles. The maximum absolute atomic E-state index is 2.37. The smallest absolute Gasteiger partial charge is 0.0489 e. The molecule has 0 atom stereocenters. The quantitative estimate of drug-likeness (QED) is 0.242. The molecular weight excluding hydrogens is 436 g/mol. The molecule has 5 aromatic carbocycles. The molecule has 0 N–H and O–H groups in total. The summed E-state index contributed by atoms with van der Waals surface area (Å²) in [4.78, 5) is 0. The number of rotatable bonds is 2. The molecule has 2 nitrogen and oxygen atoms in total. The van der Waals surface area contributed by atoms with E-state index in [0.717, 1.165) is 0 Å². The first-order chi connectivity index (χ1) is 17.5. The minimum absolute atomic E-state index is 1.27. The first-order valence-electron chi connectivity index (χ1n) is 12.6. The molecule has 2 heteroatoms. The third-order valence-corrected chi connectivity index (χ3v) is 8.02. The fourth-order valence-corrected chi connectivity index (χ4v) is 6.11. The van der Waals surface area contributed by atoms with Crippen LogP contribution in [0.5, 0.6) is 0 Å². The van der Waals surface area contributed by atoms with Crippen LogP contribution < -0.4 is 0 Å². The van der Waals surface area contributed by atoms with Gasteiger partial charge in [-0.1, -0.05) is 60.7 Å². The molecule has 0 radical (unpaired) electrons.